The second-order valence-electron chi connectivity index (χ2n) is 1.02. The van der Waals surface area contributed by atoms with E-state index in [9.17, 15) is 9.59 Å². The minimum atomic E-state index is -0.134. The van der Waals surface area contributed by atoms with Crippen molar-refractivity contribution in [3.63, 3.8) is 0 Å². The van der Waals surface area contributed by atoms with Crippen LogP contribution in [0.25, 0.3) is 0 Å². The van der Waals surface area contributed by atoms with Gasteiger partial charge in [-0.2, -0.15) is 0 Å². The summed E-state index contributed by atoms with van der Waals surface area (Å²) >= 11 is 0. The zero-order valence-electron chi connectivity index (χ0n) is 3.93. The van der Waals surface area contributed by atoms with Crippen LogP contribution in [0.1, 0.15) is 13.3 Å². The number of ketones is 1. The van der Waals surface area contributed by atoms with E-state index in [2.05, 4.69) is 0 Å². The van der Waals surface area contributed by atoms with Crippen LogP contribution >= 0.6 is 0 Å². The molecule has 7 heavy (non-hydrogen) atoms. The third-order valence-electron chi connectivity index (χ3n) is 0.321. The molecule has 0 saturated heterocycles. The van der Waals surface area contributed by atoms with E-state index >= 15 is 0 Å². The molecular formula is C4H5O2W+. The molecule has 0 heterocycles. The Bertz CT molecular complexity index is 70.1. The van der Waals surface area contributed by atoms with Crippen molar-refractivity contribution < 1.29 is 30.7 Å². The summed E-state index contributed by atoms with van der Waals surface area (Å²) in [5, 5.41) is 0. The van der Waals surface area contributed by atoms with E-state index in [1.807, 2.05) is 0 Å². The number of carbonyl (C=O) groups excluding carboxylic acids is 2. The van der Waals surface area contributed by atoms with Gasteiger partial charge < -0.3 is 9.59 Å². The molecule has 0 fully saturated rings. The van der Waals surface area contributed by atoms with Crippen LogP contribution in [0, 0.1) is 0 Å². The number of hydrogen-bond donors (Lipinski definition) is 0. The zero-order chi connectivity index (χ0) is 4.99. The summed E-state index contributed by atoms with van der Waals surface area (Å²) in [5.74, 6) is -0.134. The predicted octanol–water partition coefficient (Wildman–Crippen LogP) is 0.0727. The Morgan fingerprint density at radius 1 is 1.71 bits per heavy atom. The molecule has 0 aromatic rings. The van der Waals surface area contributed by atoms with E-state index in [0.717, 1.165) is 0 Å². The normalized spacial score (nSPS) is 6.43. The third kappa shape index (κ3) is 10.7. The van der Waals surface area contributed by atoms with Gasteiger partial charge in [0.15, 0.2) is 0 Å². The number of carbonyl (C=O) groups is 1. The smallest absolute Gasteiger partial charge is 0.541 e. The molecule has 38 valence electrons. The molecule has 0 atom stereocenters. The minimum absolute atomic E-state index is 0. The van der Waals surface area contributed by atoms with Crippen LogP contribution < -0.4 is 0 Å². The van der Waals surface area contributed by atoms with E-state index in [-0.39, 0.29) is 33.3 Å². The van der Waals surface area contributed by atoms with Gasteiger partial charge in [0.05, 0.1) is 0 Å². The van der Waals surface area contributed by atoms with Crippen LogP contribution in [-0.4, -0.2) is 12.1 Å². The molecule has 0 aliphatic carbocycles. The van der Waals surface area contributed by atoms with E-state index < -0.39 is 0 Å². The number of hydrogen-bond acceptors (Lipinski definition) is 2. The number of Topliss-reactive ketones (excluding diaryl/α,β-unsaturated/α-hetero) is 1. The standard InChI is InChI=1S/C4H5O2.W/c1-4(6)2-3-5;/h2H2,1H3;/q-1;+2. The van der Waals surface area contributed by atoms with Crippen LogP contribution in [-0.2, 0) is 30.7 Å². The van der Waals surface area contributed by atoms with Crippen LogP contribution in [0.2, 0.25) is 0 Å². The molecule has 0 aliphatic heterocycles. The quantitative estimate of drug-likeness (QED) is 0.525. The fraction of sp³-hybridized carbons (Fsp3) is 0.500. The maximum atomic E-state index is 9.78. The molecule has 0 N–H and O–H groups in total. The first-order valence-electron chi connectivity index (χ1n) is 1.62. The largest absolute Gasteiger partial charge is 2.00 e. The molecule has 0 aromatic heterocycles. The van der Waals surface area contributed by atoms with Gasteiger partial charge in [-0.1, -0.05) is 6.42 Å². The Hall–Kier alpha value is 0.0283. The molecular weight excluding hydrogens is 264 g/mol. The van der Waals surface area contributed by atoms with Crippen molar-refractivity contribution in [2.75, 3.05) is 0 Å². The van der Waals surface area contributed by atoms with Crippen molar-refractivity contribution in [3.05, 3.63) is 0 Å². The monoisotopic (exact) mass is 269 g/mol. The van der Waals surface area contributed by atoms with E-state index in [0.29, 0.717) is 0 Å². The summed E-state index contributed by atoms with van der Waals surface area (Å²) in [7, 11) is 0. The van der Waals surface area contributed by atoms with Gasteiger partial charge in [-0.3, -0.25) is 6.29 Å². The molecule has 0 unspecified atom stereocenters. The third-order valence-corrected chi connectivity index (χ3v) is 0.321. The average molecular weight is 269 g/mol. The Morgan fingerprint density at radius 3 is 2.14 bits per heavy atom. The van der Waals surface area contributed by atoms with E-state index in [1.165, 1.54) is 13.2 Å². The molecule has 0 bridgehead atoms. The average Bonchev–Trinajstić information content (AvgIpc) is 1.35. The van der Waals surface area contributed by atoms with Crippen LogP contribution in [0.4, 0.5) is 0 Å². The molecule has 0 amide bonds. The van der Waals surface area contributed by atoms with Crippen molar-refractivity contribution in [1.29, 1.82) is 0 Å². The molecule has 0 spiro atoms. The van der Waals surface area contributed by atoms with Crippen LogP contribution in [0.15, 0.2) is 0 Å². The van der Waals surface area contributed by atoms with Crippen molar-refractivity contribution in [2.24, 2.45) is 0 Å². The topological polar surface area (TPSA) is 34.1 Å². The van der Waals surface area contributed by atoms with Crippen LogP contribution in [0.3, 0.4) is 0 Å². The second-order valence-corrected chi connectivity index (χ2v) is 1.02. The van der Waals surface area contributed by atoms with E-state index in [1.54, 1.807) is 0 Å². The molecule has 2 nitrogen and oxygen atoms in total. The van der Waals surface area contributed by atoms with Gasteiger partial charge in [0.1, 0.15) is 5.78 Å². The first-order chi connectivity index (χ1) is 2.77. The van der Waals surface area contributed by atoms with Gasteiger partial charge in [0, 0.05) is 0 Å². The van der Waals surface area contributed by atoms with Gasteiger partial charge in [0.25, 0.3) is 0 Å². The molecule has 0 radical (unpaired) electrons. The summed E-state index contributed by atoms with van der Waals surface area (Å²) in [4.78, 5) is 19.1. The van der Waals surface area contributed by atoms with Crippen molar-refractivity contribution >= 4 is 12.1 Å². The minimum Gasteiger partial charge on any atom is -0.541 e. The fourth-order valence-corrected chi connectivity index (χ4v) is 0.102. The Morgan fingerprint density at radius 2 is 2.14 bits per heavy atom. The Balaban J connectivity index is 0. The molecule has 0 saturated carbocycles. The van der Waals surface area contributed by atoms with Gasteiger partial charge in [-0.15, -0.1) is 0 Å². The van der Waals surface area contributed by atoms with Crippen molar-refractivity contribution in [1.82, 2.24) is 0 Å². The summed E-state index contributed by atoms with van der Waals surface area (Å²) in [6.45, 7) is 1.35. The zero-order valence-corrected chi connectivity index (χ0v) is 6.87. The van der Waals surface area contributed by atoms with Gasteiger partial charge >= 0.3 is 21.1 Å². The summed E-state index contributed by atoms with van der Waals surface area (Å²) < 4.78 is 0. The molecule has 3 heteroatoms. The van der Waals surface area contributed by atoms with Crippen molar-refractivity contribution in [2.45, 2.75) is 13.3 Å². The Labute approximate surface area is 56.5 Å². The van der Waals surface area contributed by atoms with E-state index in [4.69, 9.17) is 0 Å². The summed E-state index contributed by atoms with van der Waals surface area (Å²) in [5.41, 5.74) is 0. The first-order valence-corrected chi connectivity index (χ1v) is 1.62. The maximum absolute atomic E-state index is 9.78. The maximum Gasteiger partial charge on any atom is 2.00 e. The molecule has 0 aromatic carbocycles. The summed E-state index contributed by atoms with van der Waals surface area (Å²) in [6.07, 6.45) is 1.40. The van der Waals surface area contributed by atoms with Crippen LogP contribution in [0.5, 0.6) is 0 Å². The molecule has 0 rings (SSSR count). The van der Waals surface area contributed by atoms with Gasteiger partial charge in [-0.25, -0.2) is 0 Å². The molecule has 0 aliphatic rings. The second kappa shape index (κ2) is 6.03. The summed E-state index contributed by atoms with van der Waals surface area (Å²) in [6, 6.07) is 0. The first kappa shape index (κ1) is 10.1. The van der Waals surface area contributed by atoms with Crippen molar-refractivity contribution in [3.8, 4) is 0 Å². The number of rotatable bonds is 2. The van der Waals surface area contributed by atoms with Gasteiger partial charge in [0.2, 0.25) is 0 Å². The SMILES string of the molecule is CC(=O)C[C-]=O.[W+2]. The van der Waals surface area contributed by atoms with Gasteiger partial charge in [-0.05, 0) is 6.92 Å². The predicted molar refractivity (Wildman–Crippen MR) is 21.0 cm³/mol. The fourth-order valence-electron chi connectivity index (χ4n) is 0.102. The Kier molecular flexibility index (Phi) is 8.70.